The van der Waals surface area contributed by atoms with Crippen LogP contribution in [0.25, 0.3) is 5.52 Å². The molecule has 1 aliphatic heterocycles. The number of carbonyl (C=O) groups is 1. The van der Waals surface area contributed by atoms with Crippen molar-refractivity contribution in [1.29, 1.82) is 0 Å². The maximum Gasteiger partial charge on any atom is 0.258 e. The van der Waals surface area contributed by atoms with Crippen molar-refractivity contribution in [1.82, 2.24) is 14.5 Å². The number of hydrogen-bond acceptors (Lipinski definition) is 3. The molecule has 1 unspecified atom stereocenters. The summed E-state index contributed by atoms with van der Waals surface area (Å²) in [5.74, 6) is 0.846. The molecule has 0 aliphatic carbocycles. The second-order valence-corrected chi connectivity index (χ2v) is 6.29. The highest BCUT2D eigenvalue weighted by atomic mass is 16.5. The number of fused-ring (bicyclic) bond motifs is 2. The van der Waals surface area contributed by atoms with Gasteiger partial charge in [-0.2, -0.15) is 5.10 Å². The van der Waals surface area contributed by atoms with Crippen LogP contribution in [0, 0.1) is 6.92 Å². The Morgan fingerprint density at radius 1 is 1.29 bits per heavy atom. The average Bonchev–Trinajstić information content (AvgIpc) is 2.92. The van der Waals surface area contributed by atoms with Crippen LogP contribution >= 0.6 is 0 Å². The molecule has 0 radical (unpaired) electrons. The second-order valence-electron chi connectivity index (χ2n) is 6.29. The lowest BCUT2D eigenvalue weighted by Crippen LogP contribution is -2.39. The minimum atomic E-state index is -0.0107. The fourth-order valence-corrected chi connectivity index (χ4v) is 3.09. The first-order valence-corrected chi connectivity index (χ1v) is 8.09. The topological polar surface area (TPSA) is 46.8 Å². The number of carbonyl (C=O) groups excluding carboxylic acids is 1. The smallest absolute Gasteiger partial charge is 0.258 e. The monoisotopic (exact) mass is 321 g/mol. The molecular weight excluding hydrogens is 302 g/mol. The summed E-state index contributed by atoms with van der Waals surface area (Å²) in [5, 5.41) is 4.31. The summed E-state index contributed by atoms with van der Waals surface area (Å²) in [6, 6.07) is 11.8. The van der Waals surface area contributed by atoms with Crippen LogP contribution in [0.5, 0.6) is 5.75 Å². The summed E-state index contributed by atoms with van der Waals surface area (Å²) in [4.78, 5) is 15.0. The number of pyridine rings is 1. The lowest BCUT2D eigenvalue weighted by Gasteiger charge is -2.26. The molecule has 4 rings (SSSR count). The van der Waals surface area contributed by atoms with Gasteiger partial charge < -0.3 is 9.64 Å². The standard InChI is InChI=1S/C19H19N3O2/c1-13-7-8-22-17(9-13)16(10-20-22)19(23)21-11-15-5-3-4-6-18(15)24-12-14(21)2/h3-10,14H,11-12H2,1-2H3. The van der Waals surface area contributed by atoms with Gasteiger partial charge in [0.15, 0.2) is 0 Å². The quantitative estimate of drug-likeness (QED) is 0.692. The van der Waals surface area contributed by atoms with Crippen molar-refractivity contribution in [2.45, 2.75) is 26.4 Å². The zero-order valence-electron chi connectivity index (χ0n) is 13.8. The van der Waals surface area contributed by atoms with E-state index in [-0.39, 0.29) is 11.9 Å². The van der Waals surface area contributed by atoms with Crippen LogP contribution < -0.4 is 4.74 Å². The molecule has 0 fully saturated rings. The molecule has 0 N–H and O–H groups in total. The molecule has 122 valence electrons. The maximum absolute atomic E-state index is 13.2. The predicted octanol–water partition coefficient (Wildman–Crippen LogP) is 3.07. The van der Waals surface area contributed by atoms with Crippen molar-refractivity contribution in [3.63, 3.8) is 0 Å². The van der Waals surface area contributed by atoms with Crippen molar-refractivity contribution in [2.75, 3.05) is 6.61 Å². The Balaban J connectivity index is 1.73. The second kappa shape index (κ2) is 5.67. The van der Waals surface area contributed by atoms with Gasteiger partial charge in [0, 0.05) is 11.8 Å². The molecule has 3 aromatic rings. The molecule has 1 atom stereocenters. The van der Waals surface area contributed by atoms with Gasteiger partial charge in [-0.05, 0) is 37.6 Å². The summed E-state index contributed by atoms with van der Waals surface area (Å²) in [7, 11) is 0. The van der Waals surface area contributed by atoms with Crippen molar-refractivity contribution in [3.8, 4) is 5.75 Å². The highest BCUT2D eigenvalue weighted by Gasteiger charge is 2.28. The van der Waals surface area contributed by atoms with Gasteiger partial charge >= 0.3 is 0 Å². The normalized spacial score (nSPS) is 17.2. The number of aromatic nitrogens is 2. The SMILES string of the molecule is Cc1ccn2ncc(C(=O)N3Cc4ccccc4OCC3C)c2c1. The van der Waals surface area contributed by atoms with Crippen molar-refractivity contribution < 1.29 is 9.53 Å². The number of nitrogens with zero attached hydrogens (tertiary/aromatic N) is 3. The van der Waals surface area contributed by atoms with Crippen molar-refractivity contribution in [2.24, 2.45) is 0 Å². The third kappa shape index (κ3) is 2.42. The number of rotatable bonds is 1. The van der Waals surface area contributed by atoms with E-state index in [9.17, 15) is 4.79 Å². The first-order chi connectivity index (χ1) is 11.6. The largest absolute Gasteiger partial charge is 0.491 e. The van der Waals surface area contributed by atoms with Crippen LogP contribution in [0.4, 0.5) is 0 Å². The molecule has 1 amide bonds. The predicted molar refractivity (Wildman–Crippen MR) is 91.2 cm³/mol. The van der Waals surface area contributed by atoms with Crippen LogP contribution in [0.3, 0.4) is 0 Å². The lowest BCUT2D eigenvalue weighted by molar-refractivity contribution is 0.0647. The van der Waals surface area contributed by atoms with Crippen molar-refractivity contribution >= 4 is 11.4 Å². The fraction of sp³-hybridized carbons (Fsp3) is 0.263. The molecule has 5 nitrogen and oxygen atoms in total. The average molecular weight is 321 g/mol. The Labute approximate surface area is 140 Å². The van der Waals surface area contributed by atoms with Gasteiger partial charge in [-0.15, -0.1) is 0 Å². The van der Waals surface area contributed by atoms with Crippen LogP contribution in [0.2, 0.25) is 0 Å². The minimum absolute atomic E-state index is 0.00957. The summed E-state index contributed by atoms with van der Waals surface area (Å²) in [6.45, 7) is 5.06. The first kappa shape index (κ1) is 14.8. The maximum atomic E-state index is 13.2. The van der Waals surface area contributed by atoms with Gasteiger partial charge in [0.1, 0.15) is 12.4 Å². The zero-order valence-corrected chi connectivity index (χ0v) is 13.8. The van der Waals surface area contributed by atoms with E-state index >= 15 is 0 Å². The highest BCUT2D eigenvalue weighted by molar-refractivity contribution is 6.00. The van der Waals surface area contributed by atoms with E-state index in [0.29, 0.717) is 18.7 Å². The van der Waals surface area contributed by atoms with E-state index in [1.807, 2.05) is 61.3 Å². The van der Waals surface area contributed by atoms with E-state index < -0.39 is 0 Å². The van der Waals surface area contributed by atoms with Gasteiger partial charge in [-0.25, -0.2) is 4.52 Å². The van der Waals surface area contributed by atoms with E-state index in [0.717, 1.165) is 22.4 Å². The molecular formula is C19H19N3O2. The molecule has 0 saturated carbocycles. The Hall–Kier alpha value is -2.82. The zero-order chi connectivity index (χ0) is 16.7. The summed E-state index contributed by atoms with van der Waals surface area (Å²) < 4.78 is 7.59. The number of amides is 1. The lowest BCUT2D eigenvalue weighted by atomic mass is 10.1. The molecule has 2 aromatic heterocycles. The van der Waals surface area contributed by atoms with Gasteiger partial charge in [0.25, 0.3) is 5.91 Å². The first-order valence-electron chi connectivity index (χ1n) is 8.09. The number of benzene rings is 1. The van der Waals surface area contributed by atoms with E-state index in [1.54, 1.807) is 10.7 Å². The fourth-order valence-electron chi connectivity index (χ4n) is 3.09. The van der Waals surface area contributed by atoms with E-state index in [4.69, 9.17) is 4.74 Å². The van der Waals surface area contributed by atoms with E-state index in [1.165, 1.54) is 0 Å². The van der Waals surface area contributed by atoms with Crippen molar-refractivity contribution in [3.05, 3.63) is 65.5 Å². The van der Waals surface area contributed by atoms with Gasteiger partial charge in [-0.3, -0.25) is 4.79 Å². The Bertz CT molecular complexity index is 916. The van der Waals surface area contributed by atoms with Crippen LogP contribution in [-0.2, 0) is 6.54 Å². The Kier molecular flexibility index (Phi) is 3.49. The van der Waals surface area contributed by atoms with Crippen LogP contribution in [0.15, 0.2) is 48.8 Å². The molecule has 0 saturated heterocycles. The van der Waals surface area contributed by atoms with Gasteiger partial charge in [0.05, 0.1) is 29.9 Å². The minimum Gasteiger partial charge on any atom is -0.491 e. The van der Waals surface area contributed by atoms with Crippen LogP contribution in [-0.4, -0.2) is 33.1 Å². The Morgan fingerprint density at radius 2 is 2.12 bits per heavy atom. The third-order valence-corrected chi connectivity index (χ3v) is 4.49. The summed E-state index contributed by atoms with van der Waals surface area (Å²) >= 11 is 0. The highest BCUT2D eigenvalue weighted by Crippen LogP contribution is 2.26. The number of ether oxygens (including phenoxy) is 1. The van der Waals surface area contributed by atoms with Crippen LogP contribution in [0.1, 0.15) is 28.4 Å². The number of aryl methyl sites for hydroxylation is 1. The number of hydrogen-bond donors (Lipinski definition) is 0. The molecule has 24 heavy (non-hydrogen) atoms. The third-order valence-electron chi connectivity index (χ3n) is 4.49. The number of para-hydroxylation sites is 1. The molecule has 5 heteroatoms. The molecule has 1 aliphatic rings. The molecule has 3 heterocycles. The van der Waals surface area contributed by atoms with E-state index in [2.05, 4.69) is 5.10 Å². The molecule has 0 bridgehead atoms. The molecule has 1 aromatic carbocycles. The molecule has 0 spiro atoms. The Morgan fingerprint density at radius 3 is 3.00 bits per heavy atom. The summed E-state index contributed by atoms with van der Waals surface area (Å²) in [6.07, 6.45) is 3.53. The van der Waals surface area contributed by atoms with Gasteiger partial charge in [0.2, 0.25) is 0 Å². The van der Waals surface area contributed by atoms with Gasteiger partial charge in [-0.1, -0.05) is 18.2 Å². The summed E-state index contributed by atoms with van der Waals surface area (Å²) in [5.41, 5.74) is 3.60.